The van der Waals surface area contributed by atoms with Crippen molar-refractivity contribution in [3.8, 4) is 0 Å². The highest BCUT2D eigenvalue weighted by molar-refractivity contribution is 5.97. The third-order valence-corrected chi connectivity index (χ3v) is 5.94. The van der Waals surface area contributed by atoms with Gasteiger partial charge in [0.15, 0.2) is 0 Å². The summed E-state index contributed by atoms with van der Waals surface area (Å²) >= 11 is 0. The molecule has 4 heteroatoms. The van der Waals surface area contributed by atoms with Crippen molar-refractivity contribution in [3.63, 3.8) is 0 Å². The van der Waals surface area contributed by atoms with E-state index in [0.717, 1.165) is 11.1 Å². The number of carbonyl (C=O) groups excluding carboxylic acids is 2. The maximum atomic E-state index is 13.2. The first-order valence-corrected chi connectivity index (χ1v) is 8.65. The van der Waals surface area contributed by atoms with E-state index in [0.29, 0.717) is 0 Å². The third kappa shape index (κ3) is 2.36. The Kier molecular flexibility index (Phi) is 3.64. The molecule has 4 atom stereocenters. The summed E-state index contributed by atoms with van der Waals surface area (Å²) in [4.78, 5) is 26.8. The summed E-state index contributed by atoms with van der Waals surface area (Å²) in [5.41, 5.74) is 1.84. The van der Waals surface area contributed by atoms with Gasteiger partial charge < -0.3 is 4.74 Å². The summed E-state index contributed by atoms with van der Waals surface area (Å²) in [6, 6.07) is 19.3. The standard InChI is InChI=1S/C21H21NO3/c1-14-18(21(14,2)16-11-7-4-8-12-16)19(23)22-17(13-25-20(22)24)15-9-5-3-6-10-15/h3-12,14,17-18H,13H2,1-2H3/t14?,17-,18?,21-/m1/s1. The lowest BCUT2D eigenvalue weighted by Gasteiger charge is -2.21. The summed E-state index contributed by atoms with van der Waals surface area (Å²) in [6.45, 7) is 4.40. The summed E-state index contributed by atoms with van der Waals surface area (Å²) < 4.78 is 5.21. The molecule has 4 nitrogen and oxygen atoms in total. The number of nitrogens with zero attached hydrogens (tertiary/aromatic N) is 1. The van der Waals surface area contributed by atoms with Gasteiger partial charge in [-0.25, -0.2) is 9.69 Å². The van der Waals surface area contributed by atoms with Gasteiger partial charge >= 0.3 is 6.09 Å². The predicted octanol–water partition coefficient (Wildman–Crippen LogP) is 3.93. The molecule has 4 rings (SSSR count). The maximum Gasteiger partial charge on any atom is 0.417 e. The molecule has 2 amide bonds. The molecule has 25 heavy (non-hydrogen) atoms. The molecule has 2 aromatic carbocycles. The van der Waals surface area contributed by atoms with Crippen LogP contribution >= 0.6 is 0 Å². The molecule has 1 aliphatic carbocycles. The van der Waals surface area contributed by atoms with E-state index in [1.54, 1.807) is 0 Å². The van der Waals surface area contributed by atoms with Crippen LogP contribution in [0.4, 0.5) is 4.79 Å². The predicted molar refractivity (Wildman–Crippen MR) is 93.8 cm³/mol. The molecule has 2 aliphatic rings. The molecule has 0 aromatic heterocycles. The van der Waals surface area contributed by atoms with Crippen molar-refractivity contribution < 1.29 is 14.3 Å². The molecular weight excluding hydrogens is 314 g/mol. The number of imide groups is 1. The SMILES string of the molecule is CC1C(C(=O)N2C(=O)OC[C@@H]2c2ccccc2)[C@@]1(C)c1ccccc1. The van der Waals surface area contributed by atoms with Crippen molar-refractivity contribution in [2.24, 2.45) is 11.8 Å². The van der Waals surface area contributed by atoms with Crippen molar-refractivity contribution in [3.05, 3.63) is 71.8 Å². The van der Waals surface area contributed by atoms with Crippen LogP contribution in [-0.2, 0) is 14.9 Å². The fraction of sp³-hybridized carbons (Fsp3) is 0.333. The highest BCUT2D eigenvalue weighted by atomic mass is 16.6. The highest BCUT2D eigenvalue weighted by Gasteiger charge is 2.65. The number of ether oxygens (including phenoxy) is 1. The molecule has 1 heterocycles. The van der Waals surface area contributed by atoms with Crippen LogP contribution in [0.15, 0.2) is 60.7 Å². The van der Waals surface area contributed by atoms with Crippen LogP contribution in [0.25, 0.3) is 0 Å². The average molecular weight is 335 g/mol. The smallest absolute Gasteiger partial charge is 0.417 e. The van der Waals surface area contributed by atoms with Gasteiger partial charge in [0.05, 0.1) is 5.92 Å². The van der Waals surface area contributed by atoms with Crippen LogP contribution in [-0.4, -0.2) is 23.5 Å². The topological polar surface area (TPSA) is 46.6 Å². The zero-order chi connectivity index (χ0) is 17.6. The molecule has 2 aromatic rings. The molecule has 0 spiro atoms. The van der Waals surface area contributed by atoms with Crippen molar-refractivity contribution in [1.82, 2.24) is 4.90 Å². The van der Waals surface area contributed by atoms with E-state index < -0.39 is 6.09 Å². The summed E-state index contributed by atoms with van der Waals surface area (Å²) in [7, 11) is 0. The van der Waals surface area contributed by atoms with Gasteiger partial charge in [0.1, 0.15) is 12.6 Å². The van der Waals surface area contributed by atoms with Crippen molar-refractivity contribution in [2.45, 2.75) is 25.3 Å². The van der Waals surface area contributed by atoms with Crippen molar-refractivity contribution in [2.75, 3.05) is 6.61 Å². The number of hydrogen-bond donors (Lipinski definition) is 0. The number of cyclic esters (lactones) is 1. The quantitative estimate of drug-likeness (QED) is 0.854. The lowest BCUT2D eigenvalue weighted by molar-refractivity contribution is -0.131. The van der Waals surface area contributed by atoms with Crippen LogP contribution in [0.1, 0.15) is 31.0 Å². The molecule has 128 valence electrons. The first kappa shape index (κ1) is 15.9. The van der Waals surface area contributed by atoms with Crippen molar-refractivity contribution >= 4 is 12.0 Å². The van der Waals surface area contributed by atoms with E-state index in [2.05, 4.69) is 26.0 Å². The van der Waals surface area contributed by atoms with Gasteiger partial charge in [-0.3, -0.25) is 4.79 Å². The van der Waals surface area contributed by atoms with Gasteiger partial charge in [-0.05, 0) is 17.0 Å². The molecule has 0 radical (unpaired) electrons. The van der Waals surface area contributed by atoms with Crippen molar-refractivity contribution in [1.29, 1.82) is 0 Å². The molecule has 2 fully saturated rings. The Morgan fingerprint density at radius 3 is 2.32 bits per heavy atom. The minimum Gasteiger partial charge on any atom is -0.446 e. The highest BCUT2D eigenvalue weighted by Crippen LogP contribution is 2.60. The van der Waals surface area contributed by atoms with E-state index >= 15 is 0 Å². The van der Waals surface area contributed by atoms with Gasteiger partial charge in [0.2, 0.25) is 5.91 Å². The van der Waals surface area contributed by atoms with E-state index in [1.165, 1.54) is 4.90 Å². The molecule has 2 unspecified atom stereocenters. The first-order valence-electron chi connectivity index (χ1n) is 8.65. The van der Waals surface area contributed by atoms with Gasteiger partial charge in [0, 0.05) is 5.41 Å². The summed E-state index contributed by atoms with van der Waals surface area (Å²) in [6.07, 6.45) is -0.534. The average Bonchev–Trinajstić information content (AvgIpc) is 3.00. The Hall–Kier alpha value is -2.62. The fourth-order valence-electron chi connectivity index (χ4n) is 4.17. The van der Waals surface area contributed by atoms with E-state index in [9.17, 15) is 9.59 Å². The van der Waals surface area contributed by atoms with Crippen LogP contribution in [0.5, 0.6) is 0 Å². The summed E-state index contributed by atoms with van der Waals surface area (Å²) in [5, 5.41) is 0. The lowest BCUT2D eigenvalue weighted by Crippen LogP contribution is -2.36. The molecule has 0 N–H and O–H groups in total. The largest absolute Gasteiger partial charge is 0.446 e. The third-order valence-electron chi connectivity index (χ3n) is 5.94. The number of hydrogen-bond acceptors (Lipinski definition) is 3. The van der Waals surface area contributed by atoms with Crippen LogP contribution in [0, 0.1) is 11.8 Å². The van der Waals surface area contributed by atoms with Gasteiger partial charge in [-0.1, -0.05) is 74.5 Å². The van der Waals surface area contributed by atoms with Gasteiger partial charge in [-0.15, -0.1) is 0 Å². The Morgan fingerprint density at radius 2 is 1.68 bits per heavy atom. The Bertz CT molecular complexity index is 804. The van der Waals surface area contributed by atoms with E-state index in [-0.39, 0.29) is 35.8 Å². The van der Waals surface area contributed by atoms with Crippen LogP contribution in [0.2, 0.25) is 0 Å². The van der Waals surface area contributed by atoms with Gasteiger partial charge in [-0.2, -0.15) is 0 Å². The summed E-state index contributed by atoms with van der Waals surface area (Å²) in [5.74, 6) is -0.144. The number of amides is 2. The normalized spacial score (nSPS) is 30.9. The monoisotopic (exact) mass is 335 g/mol. The number of rotatable bonds is 3. The van der Waals surface area contributed by atoms with E-state index in [4.69, 9.17) is 4.74 Å². The maximum absolute atomic E-state index is 13.2. The molecule has 1 saturated heterocycles. The van der Waals surface area contributed by atoms with Gasteiger partial charge in [0.25, 0.3) is 0 Å². The lowest BCUT2D eigenvalue weighted by atomic mass is 9.93. The fourth-order valence-corrected chi connectivity index (χ4v) is 4.17. The Labute approximate surface area is 147 Å². The van der Waals surface area contributed by atoms with Crippen LogP contribution in [0.3, 0.4) is 0 Å². The molecule has 1 saturated carbocycles. The minimum atomic E-state index is -0.534. The molecule has 1 aliphatic heterocycles. The Balaban J connectivity index is 1.63. The molecular formula is C21H21NO3. The van der Waals surface area contributed by atoms with E-state index in [1.807, 2.05) is 48.5 Å². The second-order valence-electron chi connectivity index (χ2n) is 7.13. The second kappa shape index (κ2) is 5.73. The second-order valence-corrected chi connectivity index (χ2v) is 7.13. The zero-order valence-corrected chi connectivity index (χ0v) is 14.4. The van der Waals surface area contributed by atoms with Crippen LogP contribution < -0.4 is 0 Å². The number of carbonyl (C=O) groups is 2. The molecule has 0 bridgehead atoms. The number of benzene rings is 2. The minimum absolute atomic E-state index is 0.129. The first-order chi connectivity index (χ1) is 12.0. The Morgan fingerprint density at radius 1 is 1.08 bits per heavy atom. The zero-order valence-electron chi connectivity index (χ0n) is 14.4.